The van der Waals surface area contributed by atoms with Crippen molar-refractivity contribution in [1.82, 2.24) is 9.97 Å². The maximum absolute atomic E-state index is 5.61. The molecule has 0 fully saturated rings. The summed E-state index contributed by atoms with van der Waals surface area (Å²) >= 11 is 0. The van der Waals surface area contributed by atoms with Crippen LogP contribution in [0.25, 0.3) is 0 Å². The van der Waals surface area contributed by atoms with Gasteiger partial charge in [-0.2, -0.15) is 4.98 Å². The predicted octanol–water partition coefficient (Wildman–Crippen LogP) is 1.66. The Bertz CT molecular complexity index is 299. The summed E-state index contributed by atoms with van der Waals surface area (Å²) in [7, 11) is 0. The highest BCUT2D eigenvalue weighted by Crippen LogP contribution is 2.12. The molecule has 4 nitrogen and oxygen atoms in total. The molecular formula is C10H17N3O. The van der Waals surface area contributed by atoms with Crippen molar-refractivity contribution in [3.63, 3.8) is 0 Å². The summed E-state index contributed by atoms with van der Waals surface area (Å²) in [4.78, 5) is 8.28. The predicted molar refractivity (Wildman–Crippen MR) is 56.2 cm³/mol. The van der Waals surface area contributed by atoms with Crippen molar-refractivity contribution in [2.45, 2.75) is 27.2 Å². The molecule has 0 atom stereocenters. The highest BCUT2D eigenvalue weighted by molar-refractivity contribution is 5.32. The first-order chi connectivity index (χ1) is 6.61. The van der Waals surface area contributed by atoms with Crippen LogP contribution >= 0.6 is 0 Å². The van der Waals surface area contributed by atoms with Crippen molar-refractivity contribution >= 4 is 5.82 Å². The van der Waals surface area contributed by atoms with Gasteiger partial charge < -0.3 is 10.5 Å². The van der Waals surface area contributed by atoms with E-state index >= 15 is 0 Å². The van der Waals surface area contributed by atoms with Crippen molar-refractivity contribution in [2.24, 2.45) is 5.92 Å². The lowest BCUT2D eigenvalue weighted by Crippen LogP contribution is -2.08. The Hall–Kier alpha value is -1.32. The van der Waals surface area contributed by atoms with E-state index in [0.717, 1.165) is 12.2 Å². The van der Waals surface area contributed by atoms with E-state index in [4.69, 9.17) is 10.5 Å². The van der Waals surface area contributed by atoms with Crippen LogP contribution in [-0.4, -0.2) is 16.6 Å². The Morgan fingerprint density at radius 3 is 2.71 bits per heavy atom. The van der Waals surface area contributed by atoms with Gasteiger partial charge in [-0.15, -0.1) is 0 Å². The number of anilines is 1. The topological polar surface area (TPSA) is 61.0 Å². The van der Waals surface area contributed by atoms with Crippen LogP contribution in [0.2, 0.25) is 0 Å². The Morgan fingerprint density at radius 2 is 2.14 bits per heavy atom. The van der Waals surface area contributed by atoms with Gasteiger partial charge in [-0.25, -0.2) is 4.98 Å². The van der Waals surface area contributed by atoms with Crippen LogP contribution in [0.15, 0.2) is 6.07 Å². The zero-order valence-corrected chi connectivity index (χ0v) is 8.95. The van der Waals surface area contributed by atoms with Gasteiger partial charge in [0, 0.05) is 12.5 Å². The standard InChI is InChI=1S/C10H17N3O/c1-4-9-12-8(11)5-10(13-9)14-6-7(2)3/h5,7H,4,6H2,1-3H3,(H2,11,12,13). The number of hydrogen-bond acceptors (Lipinski definition) is 4. The molecule has 1 aromatic rings. The smallest absolute Gasteiger partial charge is 0.218 e. The lowest BCUT2D eigenvalue weighted by atomic mass is 10.2. The molecule has 0 saturated carbocycles. The third-order valence-electron chi connectivity index (χ3n) is 1.65. The van der Waals surface area contributed by atoms with Crippen molar-refractivity contribution in [2.75, 3.05) is 12.3 Å². The monoisotopic (exact) mass is 195 g/mol. The van der Waals surface area contributed by atoms with Gasteiger partial charge in [0.05, 0.1) is 6.61 Å². The largest absolute Gasteiger partial charge is 0.477 e. The highest BCUT2D eigenvalue weighted by atomic mass is 16.5. The molecule has 2 N–H and O–H groups in total. The van der Waals surface area contributed by atoms with Gasteiger partial charge in [-0.1, -0.05) is 20.8 Å². The molecule has 0 aliphatic carbocycles. The number of nitrogens with two attached hydrogens (primary N) is 1. The van der Waals surface area contributed by atoms with Gasteiger partial charge in [0.1, 0.15) is 11.6 Å². The summed E-state index contributed by atoms with van der Waals surface area (Å²) in [6.07, 6.45) is 0.767. The average molecular weight is 195 g/mol. The van der Waals surface area contributed by atoms with E-state index in [1.807, 2.05) is 6.92 Å². The lowest BCUT2D eigenvalue weighted by molar-refractivity contribution is 0.260. The number of aromatic nitrogens is 2. The average Bonchev–Trinajstić information content (AvgIpc) is 2.14. The quantitative estimate of drug-likeness (QED) is 0.793. The molecule has 0 unspecified atom stereocenters. The Kier molecular flexibility index (Phi) is 3.68. The molecule has 0 radical (unpaired) electrons. The second-order valence-corrected chi connectivity index (χ2v) is 3.61. The second kappa shape index (κ2) is 4.79. The Labute approximate surface area is 84.5 Å². The first kappa shape index (κ1) is 10.8. The number of aryl methyl sites for hydroxylation is 1. The van der Waals surface area contributed by atoms with Gasteiger partial charge in [0.2, 0.25) is 5.88 Å². The highest BCUT2D eigenvalue weighted by Gasteiger charge is 2.02. The maximum atomic E-state index is 5.61. The van der Waals surface area contributed by atoms with E-state index < -0.39 is 0 Å². The molecule has 0 aliphatic rings. The summed E-state index contributed by atoms with van der Waals surface area (Å²) < 4.78 is 5.46. The number of nitrogens with zero attached hydrogens (tertiary/aromatic N) is 2. The third-order valence-corrected chi connectivity index (χ3v) is 1.65. The van der Waals surface area contributed by atoms with Crippen LogP contribution in [0, 0.1) is 5.92 Å². The number of ether oxygens (including phenoxy) is 1. The molecule has 0 aromatic carbocycles. The zero-order chi connectivity index (χ0) is 10.6. The minimum absolute atomic E-state index is 0.468. The van der Waals surface area contributed by atoms with Gasteiger partial charge in [-0.05, 0) is 5.92 Å². The van der Waals surface area contributed by atoms with Crippen molar-refractivity contribution in [1.29, 1.82) is 0 Å². The SMILES string of the molecule is CCc1nc(N)cc(OCC(C)C)n1. The summed E-state index contributed by atoms with van der Waals surface area (Å²) in [6, 6.07) is 1.65. The van der Waals surface area contributed by atoms with E-state index in [9.17, 15) is 0 Å². The molecule has 1 rings (SSSR count). The fourth-order valence-corrected chi connectivity index (χ4v) is 0.976. The zero-order valence-electron chi connectivity index (χ0n) is 8.95. The molecule has 0 aliphatic heterocycles. The van der Waals surface area contributed by atoms with Crippen molar-refractivity contribution < 1.29 is 4.74 Å². The normalized spacial score (nSPS) is 10.6. The molecule has 1 heterocycles. The number of nitrogen functional groups attached to an aromatic ring is 1. The lowest BCUT2D eigenvalue weighted by Gasteiger charge is -2.08. The van der Waals surface area contributed by atoms with E-state index in [0.29, 0.717) is 24.2 Å². The Morgan fingerprint density at radius 1 is 1.43 bits per heavy atom. The van der Waals surface area contributed by atoms with Gasteiger partial charge in [-0.3, -0.25) is 0 Å². The fourth-order valence-electron chi connectivity index (χ4n) is 0.976. The van der Waals surface area contributed by atoms with E-state index in [-0.39, 0.29) is 0 Å². The summed E-state index contributed by atoms with van der Waals surface area (Å²) in [5.41, 5.74) is 5.61. The molecule has 78 valence electrons. The van der Waals surface area contributed by atoms with Gasteiger partial charge >= 0.3 is 0 Å². The van der Waals surface area contributed by atoms with Gasteiger partial charge in [0.25, 0.3) is 0 Å². The molecule has 14 heavy (non-hydrogen) atoms. The van der Waals surface area contributed by atoms with Crippen LogP contribution in [0.5, 0.6) is 5.88 Å². The minimum atomic E-state index is 0.468. The summed E-state index contributed by atoms with van der Waals surface area (Å²) in [5, 5.41) is 0. The van der Waals surface area contributed by atoms with Crippen molar-refractivity contribution in [3.05, 3.63) is 11.9 Å². The molecule has 1 aromatic heterocycles. The molecular weight excluding hydrogens is 178 g/mol. The number of hydrogen-bond donors (Lipinski definition) is 1. The summed E-state index contributed by atoms with van der Waals surface area (Å²) in [6.45, 7) is 6.82. The molecule has 0 spiro atoms. The first-order valence-electron chi connectivity index (χ1n) is 4.88. The van der Waals surface area contributed by atoms with Gasteiger partial charge in [0.15, 0.2) is 0 Å². The Balaban J connectivity index is 2.71. The van der Waals surface area contributed by atoms with Crippen LogP contribution in [0.3, 0.4) is 0 Å². The molecule has 0 amide bonds. The van der Waals surface area contributed by atoms with E-state index in [1.165, 1.54) is 0 Å². The van der Waals surface area contributed by atoms with Crippen LogP contribution in [-0.2, 0) is 6.42 Å². The molecule has 4 heteroatoms. The molecule has 0 saturated heterocycles. The molecule has 0 bridgehead atoms. The van der Waals surface area contributed by atoms with Crippen LogP contribution in [0.1, 0.15) is 26.6 Å². The maximum Gasteiger partial charge on any atom is 0.218 e. The fraction of sp³-hybridized carbons (Fsp3) is 0.600. The summed E-state index contributed by atoms with van der Waals surface area (Å²) in [5.74, 6) is 2.25. The van der Waals surface area contributed by atoms with E-state index in [2.05, 4.69) is 23.8 Å². The first-order valence-corrected chi connectivity index (χ1v) is 4.88. The van der Waals surface area contributed by atoms with Crippen LogP contribution in [0.4, 0.5) is 5.82 Å². The van der Waals surface area contributed by atoms with Crippen LogP contribution < -0.4 is 10.5 Å². The third kappa shape index (κ3) is 3.20. The van der Waals surface area contributed by atoms with E-state index in [1.54, 1.807) is 6.07 Å². The number of rotatable bonds is 4. The minimum Gasteiger partial charge on any atom is -0.477 e. The van der Waals surface area contributed by atoms with Crippen molar-refractivity contribution in [3.8, 4) is 5.88 Å². The second-order valence-electron chi connectivity index (χ2n) is 3.61.